The van der Waals surface area contributed by atoms with Crippen LogP contribution in [0.4, 0.5) is 8.78 Å². The SMILES string of the molecule is CC.CC.CC(=O)C1(CC/C=C\c2ccc(OCC(C)(F)F)cc2)CCC(O)CC1.CC(C)=O. The Morgan fingerprint density at radius 2 is 1.53 bits per heavy atom. The first-order chi connectivity index (χ1) is 15.9. The van der Waals surface area contributed by atoms with Crippen molar-refractivity contribution in [1.82, 2.24) is 0 Å². The molecule has 1 saturated carbocycles. The van der Waals surface area contributed by atoms with E-state index in [-0.39, 0.29) is 23.1 Å². The fourth-order valence-corrected chi connectivity index (χ4v) is 3.40. The molecule has 0 unspecified atom stereocenters. The topological polar surface area (TPSA) is 63.6 Å². The first kappa shape index (κ1) is 34.1. The lowest BCUT2D eigenvalue weighted by atomic mass is 9.68. The van der Waals surface area contributed by atoms with Gasteiger partial charge >= 0.3 is 0 Å². The summed E-state index contributed by atoms with van der Waals surface area (Å²) in [5.74, 6) is -2.05. The Hall–Kier alpha value is -2.08. The second-order valence-corrected chi connectivity index (χ2v) is 8.34. The van der Waals surface area contributed by atoms with Crippen molar-refractivity contribution in [3.63, 3.8) is 0 Å². The quantitative estimate of drug-likeness (QED) is 0.411. The highest BCUT2D eigenvalue weighted by molar-refractivity contribution is 5.82. The Morgan fingerprint density at radius 1 is 1.06 bits per heavy atom. The molecular weight excluding hydrogens is 438 g/mol. The number of ether oxygens (including phenoxy) is 1. The van der Waals surface area contributed by atoms with Crippen molar-refractivity contribution in [2.24, 2.45) is 5.41 Å². The number of halogens is 2. The van der Waals surface area contributed by atoms with Gasteiger partial charge in [-0.05, 0) is 77.0 Å². The van der Waals surface area contributed by atoms with Gasteiger partial charge in [-0.25, -0.2) is 8.78 Å². The fraction of sp³-hybridized carbons (Fsp3) is 0.643. The molecule has 0 bridgehead atoms. The summed E-state index contributed by atoms with van der Waals surface area (Å²) in [5, 5.41) is 9.67. The summed E-state index contributed by atoms with van der Waals surface area (Å²) in [4.78, 5) is 21.5. The van der Waals surface area contributed by atoms with E-state index in [0.29, 0.717) is 18.6 Å². The van der Waals surface area contributed by atoms with Crippen molar-refractivity contribution in [2.75, 3.05) is 6.61 Å². The Morgan fingerprint density at radius 3 is 1.94 bits per heavy atom. The molecule has 1 aliphatic carbocycles. The summed E-state index contributed by atoms with van der Waals surface area (Å²) in [6, 6.07) is 6.98. The van der Waals surface area contributed by atoms with Crippen molar-refractivity contribution in [1.29, 1.82) is 0 Å². The van der Waals surface area contributed by atoms with Gasteiger partial charge in [-0.1, -0.05) is 52.0 Å². The molecule has 1 N–H and O–H groups in total. The first-order valence-electron chi connectivity index (χ1n) is 12.4. The molecule has 34 heavy (non-hydrogen) atoms. The maximum Gasteiger partial charge on any atom is 0.278 e. The number of hydrogen-bond acceptors (Lipinski definition) is 4. The molecule has 0 amide bonds. The smallest absolute Gasteiger partial charge is 0.278 e. The highest BCUT2D eigenvalue weighted by atomic mass is 19.3. The van der Waals surface area contributed by atoms with Gasteiger partial charge in [0.1, 0.15) is 17.3 Å². The fourth-order valence-electron chi connectivity index (χ4n) is 3.40. The Labute approximate surface area is 205 Å². The average molecular weight is 485 g/mol. The van der Waals surface area contributed by atoms with Gasteiger partial charge in [-0.2, -0.15) is 0 Å². The van der Waals surface area contributed by atoms with Crippen molar-refractivity contribution >= 4 is 17.6 Å². The zero-order valence-corrected chi connectivity index (χ0v) is 22.4. The molecule has 0 radical (unpaired) electrons. The minimum Gasteiger partial charge on any atom is -0.487 e. The van der Waals surface area contributed by atoms with Crippen molar-refractivity contribution < 1.29 is 28.2 Å². The molecule has 1 fully saturated rings. The van der Waals surface area contributed by atoms with Crippen molar-refractivity contribution in [3.8, 4) is 5.75 Å². The zero-order chi connectivity index (χ0) is 26.8. The lowest BCUT2D eigenvalue weighted by Crippen LogP contribution is -2.35. The number of benzene rings is 1. The number of aliphatic hydroxyl groups is 1. The number of allylic oxidation sites excluding steroid dienone is 1. The van der Waals surface area contributed by atoms with Crippen molar-refractivity contribution in [3.05, 3.63) is 35.9 Å². The molecule has 4 nitrogen and oxygen atoms in total. The van der Waals surface area contributed by atoms with E-state index in [1.54, 1.807) is 19.1 Å². The summed E-state index contributed by atoms with van der Waals surface area (Å²) >= 11 is 0. The van der Waals surface area contributed by atoms with Crippen LogP contribution in [0.2, 0.25) is 0 Å². The van der Waals surface area contributed by atoms with E-state index in [0.717, 1.165) is 38.2 Å². The molecule has 2 rings (SSSR count). The number of Topliss-reactive ketones (excluding diaryl/α,β-unsaturated/α-hetero) is 2. The van der Waals surface area contributed by atoms with E-state index in [9.17, 15) is 23.5 Å². The summed E-state index contributed by atoms with van der Waals surface area (Å²) in [6.07, 6.45) is 8.20. The summed E-state index contributed by atoms with van der Waals surface area (Å²) < 4.78 is 30.6. The molecule has 0 aliphatic heterocycles. The summed E-state index contributed by atoms with van der Waals surface area (Å²) in [7, 11) is 0. The van der Waals surface area contributed by atoms with Crippen LogP contribution in [0.5, 0.6) is 5.75 Å². The van der Waals surface area contributed by atoms with Gasteiger partial charge in [0, 0.05) is 12.3 Å². The van der Waals surface area contributed by atoms with Gasteiger partial charge in [-0.15, -0.1) is 0 Å². The molecule has 0 saturated heterocycles. The van der Waals surface area contributed by atoms with Gasteiger partial charge in [0.05, 0.1) is 6.10 Å². The maximum atomic E-state index is 12.8. The van der Waals surface area contributed by atoms with Crippen molar-refractivity contribution in [2.45, 2.75) is 106 Å². The van der Waals surface area contributed by atoms with Crippen LogP contribution < -0.4 is 4.74 Å². The van der Waals surface area contributed by atoms with Gasteiger partial charge in [-0.3, -0.25) is 4.79 Å². The van der Waals surface area contributed by atoms with Crippen LogP contribution in [0.1, 0.15) is 99.5 Å². The molecule has 196 valence electrons. The lowest BCUT2D eigenvalue weighted by Gasteiger charge is -2.36. The molecule has 0 aromatic heterocycles. The zero-order valence-electron chi connectivity index (χ0n) is 22.4. The Balaban J connectivity index is 0. The summed E-state index contributed by atoms with van der Waals surface area (Å²) in [6.45, 7) is 12.9. The molecule has 1 aromatic carbocycles. The van der Waals surface area contributed by atoms with E-state index in [1.165, 1.54) is 13.8 Å². The predicted octanol–water partition coefficient (Wildman–Crippen LogP) is 7.67. The Bertz CT molecular complexity index is 694. The summed E-state index contributed by atoms with van der Waals surface area (Å²) in [5.41, 5.74) is 0.656. The van der Waals surface area contributed by atoms with Crippen LogP contribution in [0, 0.1) is 5.41 Å². The molecule has 0 spiro atoms. The van der Waals surface area contributed by atoms with Gasteiger partial charge in [0.25, 0.3) is 5.92 Å². The number of rotatable bonds is 8. The molecular formula is C28H46F2O4. The maximum absolute atomic E-state index is 12.8. The lowest BCUT2D eigenvalue weighted by molar-refractivity contribution is -0.130. The minimum atomic E-state index is -2.85. The number of carbonyl (C=O) groups is 2. The third-order valence-corrected chi connectivity index (χ3v) is 5.13. The van der Waals surface area contributed by atoms with Gasteiger partial charge in [0.15, 0.2) is 6.61 Å². The van der Waals surface area contributed by atoms with E-state index < -0.39 is 12.5 Å². The van der Waals surface area contributed by atoms with Crippen LogP contribution in [0.3, 0.4) is 0 Å². The second-order valence-electron chi connectivity index (χ2n) is 8.34. The van der Waals surface area contributed by atoms with Crippen LogP contribution in [0.15, 0.2) is 30.3 Å². The monoisotopic (exact) mass is 484 g/mol. The number of alkyl halides is 2. The molecule has 1 aliphatic rings. The van der Waals surface area contributed by atoms with Gasteiger partial charge in [0.2, 0.25) is 0 Å². The van der Waals surface area contributed by atoms with Gasteiger partial charge < -0.3 is 14.6 Å². The number of ketones is 2. The van der Waals surface area contributed by atoms with Crippen LogP contribution in [-0.4, -0.2) is 35.3 Å². The highest BCUT2D eigenvalue weighted by Gasteiger charge is 2.38. The van der Waals surface area contributed by atoms with E-state index in [1.807, 2.05) is 52.0 Å². The van der Waals surface area contributed by atoms with Crippen LogP contribution in [0.25, 0.3) is 6.08 Å². The van der Waals surface area contributed by atoms with E-state index >= 15 is 0 Å². The highest BCUT2D eigenvalue weighted by Crippen LogP contribution is 2.41. The van der Waals surface area contributed by atoms with Crippen LogP contribution in [-0.2, 0) is 9.59 Å². The van der Waals surface area contributed by atoms with Crippen LogP contribution >= 0.6 is 0 Å². The third kappa shape index (κ3) is 15.7. The predicted molar refractivity (Wildman–Crippen MR) is 137 cm³/mol. The van der Waals surface area contributed by atoms with E-state index in [2.05, 4.69) is 0 Å². The Kier molecular flexibility index (Phi) is 18.3. The number of aliphatic hydroxyl groups excluding tert-OH is 1. The molecule has 6 heteroatoms. The third-order valence-electron chi connectivity index (χ3n) is 5.13. The molecule has 1 aromatic rings. The average Bonchev–Trinajstić information content (AvgIpc) is 2.79. The normalized spacial score (nSPS) is 19.4. The molecule has 0 atom stereocenters. The number of hydrogen-bond donors (Lipinski definition) is 1. The molecule has 0 heterocycles. The second kappa shape index (κ2) is 18.3. The first-order valence-corrected chi connectivity index (χ1v) is 12.4. The number of carbonyl (C=O) groups excluding carboxylic acids is 2. The standard InChI is InChI=1S/C21H28F2O3.C3H6O.2C2H6/c1-16(24)21(13-10-18(25)11-14-21)12-4-3-5-17-6-8-19(9-7-17)26-15-20(2,22)23;1-3(2)4;2*1-2/h3,5-9,18,25H,4,10-15H2,1-2H3;1-2H3;2*1-2H3/b5-3-;;;. The van der Waals surface area contributed by atoms with E-state index in [4.69, 9.17) is 4.74 Å². The largest absolute Gasteiger partial charge is 0.487 e. The minimum absolute atomic E-state index is 0.167.